The topological polar surface area (TPSA) is 97.2 Å². The van der Waals surface area contributed by atoms with E-state index in [0.717, 1.165) is 13.1 Å². The van der Waals surface area contributed by atoms with E-state index in [1.165, 1.54) is 23.9 Å². The van der Waals surface area contributed by atoms with Crippen LogP contribution in [0.4, 0.5) is 0 Å². The highest BCUT2D eigenvalue weighted by Crippen LogP contribution is 2.41. The van der Waals surface area contributed by atoms with Crippen molar-refractivity contribution in [2.75, 3.05) is 31.6 Å². The molecular weight excluding hydrogens is 318 g/mol. The van der Waals surface area contributed by atoms with Crippen molar-refractivity contribution >= 4 is 15.7 Å². The zero-order valence-electron chi connectivity index (χ0n) is 13.3. The average molecular weight is 341 g/mol. The van der Waals surface area contributed by atoms with Gasteiger partial charge >= 0.3 is 0 Å². The van der Waals surface area contributed by atoms with Crippen LogP contribution < -0.4 is 5.32 Å². The summed E-state index contributed by atoms with van der Waals surface area (Å²) >= 11 is 0. The summed E-state index contributed by atoms with van der Waals surface area (Å²) in [6.45, 7) is 2.24. The predicted molar refractivity (Wildman–Crippen MR) is 84.3 cm³/mol. The fraction of sp³-hybridized carbons (Fsp3) is 0.786. The van der Waals surface area contributed by atoms with Crippen molar-refractivity contribution in [2.24, 2.45) is 11.8 Å². The number of aromatic nitrogens is 3. The molecule has 1 aliphatic heterocycles. The highest BCUT2D eigenvalue weighted by molar-refractivity contribution is 7.90. The van der Waals surface area contributed by atoms with E-state index in [4.69, 9.17) is 0 Å². The number of amides is 1. The van der Waals surface area contributed by atoms with E-state index in [2.05, 4.69) is 20.4 Å². The van der Waals surface area contributed by atoms with Crippen molar-refractivity contribution in [3.05, 3.63) is 12.4 Å². The number of carbonyl (C=O) groups excluding carboxylic acids is 1. The lowest BCUT2D eigenvalue weighted by atomic mass is 9.98. The van der Waals surface area contributed by atoms with E-state index in [1.807, 2.05) is 0 Å². The summed E-state index contributed by atoms with van der Waals surface area (Å²) in [6, 6.07) is 0.0881. The average Bonchev–Trinajstić information content (AvgIpc) is 3.03. The molecule has 2 heterocycles. The van der Waals surface area contributed by atoms with Crippen molar-refractivity contribution < 1.29 is 13.2 Å². The minimum Gasteiger partial charge on any atom is -0.350 e. The summed E-state index contributed by atoms with van der Waals surface area (Å²) in [4.78, 5) is 15.7. The molecule has 2 aliphatic rings. The Kier molecular flexibility index (Phi) is 4.67. The first kappa shape index (κ1) is 16.4. The lowest BCUT2D eigenvalue weighted by Gasteiger charge is -2.19. The van der Waals surface area contributed by atoms with Gasteiger partial charge in [0.1, 0.15) is 16.4 Å². The van der Waals surface area contributed by atoms with Crippen LogP contribution in [0.15, 0.2) is 12.4 Å². The number of hydrogen-bond donors (Lipinski definition) is 1. The minimum absolute atomic E-state index is 0.0881. The van der Waals surface area contributed by atoms with Crippen LogP contribution in [0.1, 0.15) is 12.8 Å². The molecule has 1 aliphatic carbocycles. The highest BCUT2D eigenvalue weighted by Gasteiger charge is 2.42. The summed E-state index contributed by atoms with van der Waals surface area (Å²) in [6.07, 6.45) is 6.76. The Morgan fingerprint density at radius 2 is 1.96 bits per heavy atom. The second-order valence-corrected chi connectivity index (χ2v) is 8.88. The van der Waals surface area contributed by atoms with Crippen LogP contribution in [0, 0.1) is 11.8 Å². The van der Waals surface area contributed by atoms with Crippen LogP contribution in [0.5, 0.6) is 0 Å². The van der Waals surface area contributed by atoms with E-state index in [9.17, 15) is 13.2 Å². The molecule has 2 atom stereocenters. The van der Waals surface area contributed by atoms with Gasteiger partial charge < -0.3 is 5.32 Å². The third kappa shape index (κ3) is 4.74. The number of nitrogens with one attached hydrogen (secondary N) is 1. The van der Waals surface area contributed by atoms with Crippen molar-refractivity contribution in [3.63, 3.8) is 0 Å². The third-order valence-corrected chi connectivity index (χ3v) is 5.47. The monoisotopic (exact) mass is 341 g/mol. The summed E-state index contributed by atoms with van der Waals surface area (Å²) in [5, 5.41) is 11.0. The van der Waals surface area contributed by atoms with Crippen LogP contribution in [-0.4, -0.2) is 71.9 Å². The first-order chi connectivity index (χ1) is 10.9. The standard InChI is InChI=1S/C14H23N5O3S/c1-23(21,22)7-6-18-8-12(11-2-3-11)13(9-18)17-14(20)10-19-15-4-5-16-19/h4-5,11-13H,2-3,6-10H2,1H3,(H,17,20)/t12-,13+/m1/s1. The Bertz CT molecular complexity index is 641. The number of rotatable bonds is 7. The molecule has 0 spiro atoms. The second kappa shape index (κ2) is 6.56. The highest BCUT2D eigenvalue weighted by atomic mass is 32.2. The van der Waals surface area contributed by atoms with Crippen molar-refractivity contribution in [2.45, 2.75) is 25.4 Å². The van der Waals surface area contributed by atoms with Gasteiger partial charge in [0.2, 0.25) is 5.91 Å². The molecule has 1 saturated heterocycles. The minimum atomic E-state index is -2.96. The van der Waals surface area contributed by atoms with E-state index in [0.29, 0.717) is 18.4 Å². The van der Waals surface area contributed by atoms with Crippen LogP contribution >= 0.6 is 0 Å². The maximum absolute atomic E-state index is 12.2. The molecule has 1 amide bonds. The molecule has 128 valence electrons. The molecule has 1 aromatic rings. The van der Waals surface area contributed by atoms with Gasteiger partial charge in [0, 0.05) is 31.9 Å². The maximum atomic E-state index is 12.2. The lowest BCUT2D eigenvalue weighted by Crippen LogP contribution is -2.43. The molecule has 0 aromatic carbocycles. The van der Waals surface area contributed by atoms with E-state index >= 15 is 0 Å². The zero-order valence-corrected chi connectivity index (χ0v) is 14.1. The summed E-state index contributed by atoms with van der Waals surface area (Å²) < 4.78 is 22.7. The van der Waals surface area contributed by atoms with Crippen molar-refractivity contribution in [1.29, 1.82) is 0 Å². The summed E-state index contributed by atoms with van der Waals surface area (Å²) in [7, 11) is -2.96. The second-order valence-electron chi connectivity index (χ2n) is 6.62. The molecule has 2 fully saturated rings. The molecule has 1 N–H and O–H groups in total. The Labute approximate surface area is 136 Å². The fourth-order valence-electron chi connectivity index (χ4n) is 3.25. The molecule has 8 nitrogen and oxygen atoms in total. The quantitative estimate of drug-likeness (QED) is 0.694. The Hall–Kier alpha value is -1.48. The van der Waals surface area contributed by atoms with E-state index < -0.39 is 9.84 Å². The molecule has 0 unspecified atom stereocenters. The van der Waals surface area contributed by atoms with Gasteiger partial charge in [-0.1, -0.05) is 0 Å². The summed E-state index contributed by atoms with van der Waals surface area (Å²) in [5.74, 6) is 1.15. The maximum Gasteiger partial charge on any atom is 0.243 e. The smallest absolute Gasteiger partial charge is 0.243 e. The summed E-state index contributed by atoms with van der Waals surface area (Å²) in [5.41, 5.74) is 0. The van der Waals surface area contributed by atoms with Crippen LogP contribution in [0.3, 0.4) is 0 Å². The van der Waals surface area contributed by atoms with Crippen LogP contribution in [0.25, 0.3) is 0 Å². The Balaban J connectivity index is 1.55. The van der Waals surface area contributed by atoms with Gasteiger partial charge in [-0.05, 0) is 24.7 Å². The molecular formula is C14H23N5O3S. The van der Waals surface area contributed by atoms with E-state index in [-0.39, 0.29) is 24.2 Å². The Morgan fingerprint density at radius 3 is 2.57 bits per heavy atom. The molecule has 0 radical (unpaired) electrons. The van der Waals surface area contributed by atoms with E-state index in [1.54, 1.807) is 12.4 Å². The first-order valence-electron chi connectivity index (χ1n) is 7.94. The van der Waals surface area contributed by atoms with Gasteiger partial charge in [-0.2, -0.15) is 15.0 Å². The van der Waals surface area contributed by atoms with Crippen molar-refractivity contribution in [3.8, 4) is 0 Å². The number of hydrogen-bond acceptors (Lipinski definition) is 6. The molecule has 9 heteroatoms. The molecule has 1 saturated carbocycles. The first-order valence-corrected chi connectivity index (χ1v) is 10.0. The van der Waals surface area contributed by atoms with Gasteiger partial charge in [-0.15, -0.1) is 0 Å². The van der Waals surface area contributed by atoms with Crippen molar-refractivity contribution in [1.82, 2.24) is 25.2 Å². The number of nitrogens with zero attached hydrogens (tertiary/aromatic N) is 4. The molecule has 23 heavy (non-hydrogen) atoms. The molecule has 0 bridgehead atoms. The predicted octanol–water partition coefficient (Wildman–Crippen LogP) is -0.851. The number of sulfone groups is 1. The van der Waals surface area contributed by atoms with Gasteiger partial charge in [-0.3, -0.25) is 9.69 Å². The molecule has 1 aromatic heterocycles. The van der Waals surface area contributed by atoms with Crippen LogP contribution in [0.2, 0.25) is 0 Å². The lowest BCUT2D eigenvalue weighted by molar-refractivity contribution is -0.123. The fourth-order valence-corrected chi connectivity index (χ4v) is 3.84. The van der Waals surface area contributed by atoms with Gasteiger partial charge in [0.25, 0.3) is 0 Å². The third-order valence-electron chi connectivity index (χ3n) is 4.54. The Morgan fingerprint density at radius 1 is 1.26 bits per heavy atom. The SMILES string of the molecule is CS(=O)(=O)CCN1C[C@H](NC(=O)Cn2nccn2)[C@@H](C2CC2)C1. The van der Waals surface area contributed by atoms with Crippen LogP contribution in [-0.2, 0) is 21.2 Å². The van der Waals surface area contributed by atoms with Gasteiger partial charge in [0.05, 0.1) is 18.1 Å². The zero-order chi connectivity index (χ0) is 16.4. The van der Waals surface area contributed by atoms with Gasteiger partial charge in [0.15, 0.2) is 0 Å². The molecule has 3 rings (SSSR count). The largest absolute Gasteiger partial charge is 0.350 e. The number of likely N-dealkylation sites (tertiary alicyclic amines) is 1. The number of carbonyl (C=O) groups is 1. The normalized spacial score (nSPS) is 25.6. The van der Waals surface area contributed by atoms with Gasteiger partial charge in [-0.25, -0.2) is 8.42 Å².